The topological polar surface area (TPSA) is 165 Å². The Balaban J connectivity index is 2.02. The van der Waals surface area contributed by atoms with E-state index in [4.69, 9.17) is 15.2 Å². The van der Waals surface area contributed by atoms with Gasteiger partial charge in [-0.15, -0.1) is 0 Å². The van der Waals surface area contributed by atoms with Crippen LogP contribution in [-0.2, 0) is 25.5 Å². The van der Waals surface area contributed by atoms with Gasteiger partial charge in [0.05, 0.1) is 19.3 Å². The summed E-state index contributed by atoms with van der Waals surface area (Å²) in [4.78, 5) is 40.9. The van der Waals surface area contributed by atoms with Gasteiger partial charge in [0, 0.05) is 25.8 Å². The van der Waals surface area contributed by atoms with Crippen LogP contribution in [0, 0.1) is 5.92 Å². The average molecular weight is 452 g/mol. The predicted molar refractivity (Wildman–Crippen MR) is 117 cm³/mol. The number of carbonyl (C=O) groups excluding carboxylic acids is 2. The molecule has 32 heavy (non-hydrogen) atoms. The van der Waals surface area contributed by atoms with Gasteiger partial charge in [-0.3, -0.25) is 4.79 Å². The molecule has 1 aromatic rings. The number of carboxylic acids is 1. The van der Waals surface area contributed by atoms with Crippen molar-refractivity contribution in [3.05, 3.63) is 23.9 Å². The summed E-state index contributed by atoms with van der Waals surface area (Å²) in [7, 11) is 0. The monoisotopic (exact) mass is 451 g/mol. The van der Waals surface area contributed by atoms with E-state index in [-0.39, 0.29) is 25.0 Å². The first kappa shape index (κ1) is 25.3. The van der Waals surface area contributed by atoms with E-state index in [0.717, 1.165) is 12.8 Å². The summed E-state index contributed by atoms with van der Waals surface area (Å²) in [5, 5.41) is 17.3. The number of rotatable bonds is 6. The fraction of sp³-hybridized carbons (Fsp3) is 0.619. The lowest BCUT2D eigenvalue weighted by molar-refractivity contribution is -0.139. The van der Waals surface area contributed by atoms with Crippen LogP contribution in [0.5, 0.6) is 0 Å². The summed E-state index contributed by atoms with van der Waals surface area (Å²) in [5.74, 6) is -1.20. The van der Waals surface area contributed by atoms with E-state index >= 15 is 0 Å². The number of hydrogen-bond acceptors (Lipinski definition) is 7. The number of urea groups is 1. The molecule has 0 bridgehead atoms. The molecule has 0 aromatic carbocycles. The van der Waals surface area contributed by atoms with E-state index in [1.54, 1.807) is 12.1 Å². The Bertz CT molecular complexity index is 758. The summed E-state index contributed by atoms with van der Waals surface area (Å²) in [6.07, 6.45) is 3.06. The highest BCUT2D eigenvalue weighted by molar-refractivity contribution is 5.89. The molecule has 6 N–H and O–H groups in total. The SMILES string of the molecule is CC(C)C1COCCCCOCC(NC(=O)NC(Cc2ccc(N)nc2)C(=O)O)C(=O)N1. The van der Waals surface area contributed by atoms with Crippen LogP contribution in [-0.4, -0.2) is 72.6 Å². The van der Waals surface area contributed by atoms with E-state index in [1.165, 1.54) is 6.20 Å². The zero-order chi connectivity index (χ0) is 23.5. The first-order chi connectivity index (χ1) is 15.3. The first-order valence-corrected chi connectivity index (χ1v) is 10.7. The lowest BCUT2D eigenvalue weighted by atomic mass is 10.0. The molecule has 3 unspecified atom stereocenters. The van der Waals surface area contributed by atoms with Crippen LogP contribution in [0.2, 0.25) is 0 Å². The van der Waals surface area contributed by atoms with Gasteiger partial charge in [0.25, 0.3) is 0 Å². The Hall–Kier alpha value is -2.92. The van der Waals surface area contributed by atoms with Crippen LogP contribution < -0.4 is 21.7 Å². The Morgan fingerprint density at radius 1 is 1.25 bits per heavy atom. The normalized spacial score (nSPS) is 21.5. The Morgan fingerprint density at radius 3 is 2.53 bits per heavy atom. The van der Waals surface area contributed by atoms with Gasteiger partial charge in [0.15, 0.2) is 0 Å². The van der Waals surface area contributed by atoms with Crippen LogP contribution in [0.25, 0.3) is 0 Å². The summed E-state index contributed by atoms with van der Waals surface area (Å²) >= 11 is 0. The zero-order valence-electron chi connectivity index (χ0n) is 18.5. The van der Waals surface area contributed by atoms with Gasteiger partial charge >= 0.3 is 12.0 Å². The number of nitrogens with one attached hydrogen (secondary N) is 3. The number of ether oxygens (including phenoxy) is 2. The number of nitrogens with two attached hydrogens (primary N) is 1. The number of nitrogens with zero attached hydrogens (tertiary/aromatic N) is 1. The van der Waals surface area contributed by atoms with Gasteiger partial charge in [-0.25, -0.2) is 14.6 Å². The predicted octanol–water partition coefficient (Wildman–Crippen LogP) is 0.295. The van der Waals surface area contributed by atoms with Crippen LogP contribution in [0.15, 0.2) is 18.3 Å². The number of carbonyl (C=O) groups is 3. The number of pyridine rings is 1. The maximum atomic E-state index is 12.8. The molecule has 11 heteroatoms. The van der Waals surface area contributed by atoms with Crippen molar-refractivity contribution in [2.24, 2.45) is 5.92 Å². The standard InChI is InChI=1S/C21H33N5O6/c1-13(2)16-11-31-7-3-4-8-32-12-17(19(27)24-16)26-21(30)25-15(20(28)29)9-14-5-6-18(22)23-10-14/h5-6,10,13,15-17H,3-4,7-9,11-12H2,1-2H3,(H2,22,23)(H,24,27)(H,28,29)(H2,25,26,30). The summed E-state index contributed by atoms with van der Waals surface area (Å²) in [6, 6.07) is -0.0145. The van der Waals surface area contributed by atoms with Crippen LogP contribution in [0.4, 0.5) is 10.6 Å². The van der Waals surface area contributed by atoms with E-state index in [2.05, 4.69) is 20.9 Å². The van der Waals surface area contributed by atoms with E-state index < -0.39 is 30.0 Å². The molecule has 11 nitrogen and oxygen atoms in total. The number of aliphatic carboxylic acids is 1. The Kier molecular flexibility index (Phi) is 10.2. The third kappa shape index (κ3) is 8.67. The quantitative estimate of drug-likeness (QED) is 0.412. The lowest BCUT2D eigenvalue weighted by Crippen LogP contribution is -2.57. The summed E-state index contributed by atoms with van der Waals surface area (Å²) < 4.78 is 11.2. The molecule has 2 heterocycles. The molecule has 3 amide bonds. The second-order valence-corrected chi connectivity index (χ2v) is 8.07. The van der Waals surface area contributed by atoms with E-state index in [9.17, 15) is 19.5 Å². The van der Waals surface area contributed by atoms with Gasteiger partial charge in [0.1, 0.15) is 17.9 Å². The van der Waals surface area contributed by atoms with Crippen molar-refractivity contribution in [2.75, 3.05) is 32.2 Å². The van der Waals surface area contributed by atoms with Crippen molar-refractivity contribution in [3.63, 3.8) is 0 Å². The third-order valence-electron chi connectivity index (χ3n) is 5.05. The maximum Gasteiger partial charge on any atom is 0.326 e. The molecule has 0 radical (unpaired) electrons. The highest BCUT2D eigenvalue weighted by atomic mass is 16.5. The fourth-order valence-corrected chi connectivity index (χ4v) is 3.04. The minimum atomic E-state index is -1.22. The average Bonchev–Trinajstić information content (AvgIpc) is 2.73. The summed E-state index contributed by atoms with van der Waals surface area (Å²) in [5.41, 5.74) is 6.14. The Morgan fingerprint density at radius 2 is 1.94 bits per heavy atom. The second-order valence-electron chi connectivity index (χ2n) is 8.07. The molecule has 178 valence electrons. The second kappa shape index (κ2) is 12.8. The van der Waals surface area contributed by atoms with Crippen LogP contribution in [0.3, 0.4) is 0 Å². The number of amides is 3. The van der Waals surface area contributed by atoms with Crippen molar-refractivity contribution in [2.45, 2.75) is 51.2 Å². The largest absolute Gasteiger partial charge is 0.480 e. The zero-order valence-corrected chi connectivity index (χ0v) is 18.5. The van der Waals surface area contributed by atoms with Crippen LogP contribution in [0.1, 0.15) is 32.3 Å². The number of hydrogen-bond donors (Lipinski definition) is 5. The van der Waals surface area contributed by atoms with Crippen molar-refractivity contribution in [3.8, 4) is 0 Å². The molecule has 3 atom stereocenters. The minimum Gasteiger partial charge on any atom is -0.480 e. The lowest BCUT2D eigenvalue weighted by Gasteiger charge is -2.27. The van der Waals surface area contributed by atoms with Crippen molar-refractivity contribution in [1.82, 2.24) is 20.9 Å². The molecule has 0 aliphatic carbocycles. The smallest absolute Gasteiger partial charge is 0.326 e. The van der Waals surface area contributed by atoms with Crippen LogP contribution >= 0.6 is 0 Å². The van der Waals surface area contributed by atoms with Gasteiger partial charge in [-0.1, -0.05) is 19.9 Å². The highest BCUT2D eigenvalue weighted by Gasteiger charge is 2.27. The molecule has 1 fully saturated rings. The van der Waals surface area contributed by atoms with Crippen molar-refractivity contribution in [1.29, 1.82) is 0 Å². The molecule has 0 spiro atoms. The fourth-order valence-electron chi connectivity index (χ4n) is 3.04. The van der Waals surface area contributed by atoms with Crippen molar-refractivity contribution >= 4 is 23.7 Å². The maximum absolute atomic E-state index is 12.8. The number of nitrogen functional groups attached to an aromatic ring is 1. The Labute approximate surface area is 187 Å². The molecule has 1 aliphatic heterocycles. The minimum absolute atomic E-state index is 0.0101. The molecule has 2 rings (SSSR count). The third-order valence-corrected chi connectivity index (χ3v) is 5.05. The number of anilines is 1. The molecular formula is C21H33N5O6. The van der Waals surface area contributed by atoms with Gasteiger partial charge < -0.3 is 36.3 Å². The molecule has 0 saturated carbocycles. The molecule has 1 saturated heterocycles. The number of aromatic nitrogens is 1. The van der Waals surface area contributed by atoms with Gasteiger partial charge in [-0.05, 0) is 30.4 Å². The van der Waals surface area contributed by atoms with Gasteiger partial charge in [0.2, 0.25) is 5.91 Å². The molecule has 1 aromatic heterocycles. The highest BCUT2D eigenvalue weighted by Crippen LogP contribution is 2.07. The van der Waals surface area contributed by atoms with Gasteiger partial charge in [-0.2, -0.15) is 0 Å². The van der Waals surface area contributed by atoms with E-state index in [0.29, 0.717) is 31.2 Å². The first-order valence-electron chi connectivity index (χ1n) is 10.7. The summed E-state index contributed by atoms with van der Waals surface area (Å²) in [6.45, 7) is 5.30. The van der Waals surface area contributed by atoms with E-state index in [1.807, 2.05) is 13.8 Å². The van der Waals surface area contributed by atoms with Crippen molar-refractivity contribution < 1.29 is 29.0 Å². The molecule has 1 aliphatic rings. The molecular weight excluding hydrogens is 418 g/mol. The number of carboxylic acid groups (broad SMARTS) is 1.